The van der Waals surface area contributed by atoms with Crippen molar-refractivity contribution in [2.24, 2.45) is 5.92 Å². The van der Waals surface area contributed by atoms with Gasteiger partial charge in [0.05, 0.1) is 5.02 Å². The average molecular weight is 227 g/mol. The Balaban J connectivity index is 1.75. The molecule has 0 bridgehead atoms. The van der Waals surface area contributed by atoms with E-state index in [4.69, 9.17) is 16.3 Å². The van der Waals surface area contributed by atoms with Crippen LogP contribution >= 0.6 is 11.6 Å². The number of nitrogens with zero attached hydrogens (tertiary/aromatic N) is 1. The molecular weight excluding hydrogens is 212 g/mol. The summed E-state index contributed by atoms with van der Waals surface area (Å²) in [5.74, 6) is 1.47. The SMILES string of the molecule is Clc1cccnc1NCCC1CCOC1. The summed E-state index contributed by atoms with van der Waals surface area (Å²) in [6, 6.07) is 3.67. The smallest absolute Gasteiger partial charge is 0.144 e. The first kappa shape index (κ1) is 10.7. The molecule has 2 heterocycles. The molecule has 1 aromatic heterocycles. The lowest BCUT2D eigenvalue weighted by Crippen LogP contribution is -2.10. The quantitative estimate of drug-likeness (QED) is 0.857. The summed E-state index contributed by atoms with van der Waals surface area (Å²) >= 11 is 5.97. The predicted molar refractivity (Wildman–Crippen MR) is 61.3 cm³/mol. The Morgan fingerprint density at radius 1 is 1.60 bits per heavy atom. The number of rotatable bonds is 4. The zero-order valence-electron chi connectivity index (χ0n) is 8.58. The monoisotopic (exact) mass is 226 g/mol. The van der Waals surface area contributed by atoms with Crippen LogP contribution in [0.25, 0.3) is 0 Å². The maximum atomic E-state index is 5.97. The third kappa shape index (κ3) is 3.08. The highest BCUT2D eigenvalue weighted by Crippen LogP contribution is 2.19. The molecule has 1 atom stereocenters. The maximum absolute atomic E-state index is 5.97. The number of aromatic nitrogens is 1. The maximum Gasteiger partial charge on any atom is 0.144 e. The van der Waals surface area contributed by atoms with Gasteiger partial charge in [0, 0.05) is 26.0 Å². The number of pyridine rings is 1. The number of hydrogen-bond donors (Lipinski definition) is 1. The first-order valence-corrected chi connectivity index (χ1v) is 5.66. The van der Waals surface area contributed by atoms with Crippen molar-refractivity contribution in [2.75, 3.05) is 25.1 Å². The number of hydrogen-bond acceptors (Lipinski definition) is 3. The second-order valence-electron chi connectivity index (χ2n) is 3.78. The summed E-state index contributed by atoms with van der Waals surface area (Å²) in [5.41, 5.74) is 0. The minimum absolute atomic E-state index is 0.681. The van der Waals surface area contributed by atoms with Crippen LogP contribution in [0.5, 0.6) is 0 Å². The van der Waals surface area contributed by atoms with E-state index in [2.05, 4.69) is 10.3 Å². The normalized spacial score (nSPS) is 20.5. The van der Waals surface area contributed by atoms with E-state index in [1.165, 1.54) is 6.42 Å². The van der Waals surface area contributed by atoms with Crippen molar-refractivity contribution >= 4 is 17.4 Å². The Morgan fingerprint density at radius 2 is 2.53 bits per heavy atom. The Labute approximate surface area is 94.8 Å². The molecule has 1 aliphatic heterocycles. The fourth-order valence-corrected chi connectivity index (χ4v) is 1.91. The summed E-state index contributed by atoms with van der Waals surface area (Å²) < 4.78 is 5.31. The van der Waals surface area contributed by atoms with Crippen LogP contribution in [-0.2, 0) is 4.74 Å². The molecule has 15 heavy (non-hydrogen) atoms. The lowest BCUT2D eigenvalue weighted by molar-refractivity contribution is 0.185. The van der Waals surface area contributed by atoms with Gasteiger partial charge >= 0.3 is 0 Å². The minimum atomic E-state index is 0.681. The Kier molecular flexibility index (Phi) is 3.80. The van der Waals surface area contributed by atoms with E-state index < -0.39 is 0 Å². The fourth-order valence-electron chi connectivity index (χ4n) is 1.72. The Morgan fingerprint density at radius 3 is 3.27 bits per heavy atom. The molecule has 0 radical (unpaired) electrons. The zero-order chi connectivity index (χ0) is 10.5. The molecule has 4 heteroatoms. The number of nitrogens with one attached hydrogen (secondary N) is 1. The minimum Gasteiger partial charge on any atom is -0.381 e. The number of halogens is 1. The van der Waals surface area contributed by atoms with E-state index in [1.54, 1.807) is 6.20 Å². The van der Waals surface area contributed by atoms with Crippen LogP contribution in [0.1, 0.15) is 12.8 Å². The third-order valence-electron chi connectivity index (χ3n) is 2.63. The molecule has 1 N–H and O–H groups in total. The topological polar surface area (TPSA) is 34.2 Å². The van der Waals surface area contributed by atoms with Crippen LogP contribution in [0.4, 0.5) is 5.82 Å². The van der Waals surface area contributed by atoms with E-state index in [9.17, 15) is 0 Å². The van der Waals surface area contributed by atoms with Gasteiger partial charge in [0.15, 0.2) is 0 Å². The van der Waals surface area contributed by atoms with E-state index in [-0.39, 0.29) is 0 Å². The zero-order valence-corrected chi connectivity index (χ0v) is 9.33. The van der Waals surface area contributed by atoms with Gasteiger partial charge in [-0.2, -0.15) is 0 Å². The van der Waals surface area contributed by atoms with Crippen molar-refractivity contribution in [3.8, 4) is 0 Å². The first-order chi connectivity index (χ1) is 7.36. The molecule has 0 aliphatic carbocycles. The van der Waals surface area contributed by atoms with Crippen molar-refractivity contribution in [1.82, 2.24) is 4.98 Å². The van der Waals surface area contributed by atoms with Gasteiger partial charge in [0.1, 0.15) is 5.82 Å². The van der Waals surface area contributed by atoms with Crippen LogP contribution in [0.15, 0.2) is 18.3 Å². The summed E-state index contributed by atoms with van der Waals surface area (Å²) in [6.45, 7) is 2.72. The molecular formula is C11H15ClN2O. The van der Waals surface area contributed by atoms with Crippen molar-refractivity contribution < 1.29 is 4.74 Å². The van der Waals surface area contributed by atoms with Crippen LogP contribution in [-0.4, -0.2) is 24.7 Å². The molecule has 1 saturated heterocycles. The van der Waals surface area contributed by atoms with Gasteiger partial charge in [-0.05, 0) is 30.9 Å². The molecule has 3 nitrogen and oxygen atoms in total. The highest BCUT2D eigenvalue weighted by atomic mass is 35.5. The molecule has 2 rings (SSSR count). The van der Waals surface area contributed by atoms with E-state index in [0.29, 0.717) is 10.9 Å². The summed E-state index contributed by atoms with van der Waals surface area (Å²) in [5, 5.41) is 3.92. The molecule has 1 aliphatic rings. The highest BCUT2D eigenvalue weighted by molar-refractivity contribution is 6.32. The van der Waals surface area contributed by atoms with Gasteiger partial charge in [0.2, 0.25) is 0 Å². The summed E-state index contributed by atoms with van der Waals surface area (Å²) in [6.07, 6.45) is 4.04. The van der Waals surface area contributed by atoms with Crippen molar-refractivity contribution in [3.63, 3.8) is 0 Å². The largest absolute Gasteiger partial charge is 0.381 e. The summed E-state index contributed by atoms with van der Waals surface area (Å²) in [7, 11) is 0. The third-order valence-corrected chi connectivity index (χ3v) is 2.93. The van der Waals surface area contributed by atoms with E-state index >= 15 is 0 Å². The molecule has 1 fully saturated rings. The van der Waals surface area contributed by atoms with Gasteiger partial charge in [-0.1, -0.05) is 11.6 Å². The summed E-state index contributed by atoms with van der Waals surface area (Å²) in [4.78, 5) is 4.17. The van der Waals surface area contributed by atoms with E-state index in [1.807, 2.05) is 12.1 Å². The molecule has 82 valence electrons. The van der Waals surface area contributed by atoms with Gasteiger partial charge in [-0.15, -0.1) is 0 Å². The van der Waals surface area contributed by atoms with Gasteiger partial charge < -0.3 is 10.1 Å². The first-order valence-electron chi connectivity index (χ1n) is 5.28. The Bertz CT molecular complexity index is 313. The molecule has 0 spiro atoms. The lowest BCUT2D eigenvalue weighted by atomic mass is 10.1. The van der Waals surface area contributed by atoms with Crippen molar-refractivity contribution in [2.45, 2.75) is 12.8 Å². The Hall–Kier alpha value is -0.800. The van der Waals surface area contributed by atoms with Crippen LogP contribution in [0, 0.1) is 5.92 Å². The molecule has 0 saturated carbocycles. The molecule has 1 unspecified atom stereocenters. The molecule has 0 amide bonds. The van der Waals surface area contributed by atoms with Crippen molar-refractivity contribution in [3.05, 3.63) is 23.4 Å². The standard InChI is InChI=1S/C11H15ClN2O/c12-10-2-1-5-13-11(10)14-6-3-9-4-7-15-8-9/h1-2,5,9H,3-4,6-8H2,(H,13,14). The van der Waals surface area contributed by atoms with Crippen molar-refractivity contribution in [1.29, 1.82) is 0 Å². The number of anilines is 1. The van der Waals surface area contributed by atoms with Crippen LogP contribution in [0.2, 0.25) is 5.02 Å². The van der Waals surface area contributed by atoms with E-state index in [0.717, 1.165) is 32.0 Å². The average Bonchev–Trinajstić information content (AvgIpc) is 2.74. The molecule has 0 aromatic carbocycles. The second-order valence-corrected chi connectivity index (χ2v) is 4.19. The highest BCUT2D eigenvalue weighted by Gasteiger charge is 2.14. The lowest BCUT2D eigenvalue weighted by Gasteiger charge is -2.09. The fraction of sp³-hybridized carbons (Fsp3) is 0.545. The predicted octanol–water partition coefficient (Wildman–Crippen LogP) is 2.57. The van der Waals surface area contributed by atoms with Crippen LogP contribution < -0.4 is 5.32 Å². The molecule has 1 aromatic rings. The van der Waals surface area contributed by atoms with Crippen LogP contribution in [0.3, 0.4) is 0 Å². The van der Waals surface area contributed by atoms with Gasteiger partial charge in [-0.3, -0.25) is 0 Å². The number of ether oxygens (including phenoxy) is 1. The van der Waals surface area contributed by atoms with Gasteiger partial charge in [0.25, 0.3) is 0 Å². The van der Waals surface area contributed by atoms with Gasteiger partial charge in [-0.25, -0.2) is 4.98 Å². The second kappa shape index (κ2) is 5.33.